The van der Waals surface area contributed by atoms with Crippen molar-refractivity contribution in [1.82, 2.24) is 15.1 Å². The number of nitrogens with zero attached hydrogens (tertiary/aromatic N) is 24. The molecule has 562 valence electrons. The van der Waals surface area contributed by atoms with Crippen LogP contribution in [0.4, 0.5) is 34.9 Å². The van der Waals surface area contributed by atoms with E-state index in [2.05, 4.69) is 233 Å². The van der Waals surface area contributed by atoms with Crippen LogP contribution in [0.1, 0.15) is 66.8 Å². The minimum absolute atomic E-state index is 0.515. The molecule has 18 bridgehead atoms. The Morgan fingerprint density at radius 3 is 0.533 bits per heavy atom. The molecule has 26 heteroatoms. The van der Waals surface area contributed by atoms with E-state index >= 15 is 0 Å². The predicted molar refractivity (Wildman–Crippen MR) is 478 cm³/mol. The van der Waals surface area contributed by atoms with Crippen LogP contribution in [0.3, 0.4) is 0 Å². The maximum atomic E-state index is 5.96. The molecule has 18 aromatic rings. The van der Waals surface area contributed by atoms with E-state index in [1.165, 1.54) is 0 Å². The monoisotopic (exact) mass is 1950 g/mol. The van der Waals surface area contributed by atoms with Crippen molar-refractivity contribution >= 4 is 215 Å². The molecule has 6 aromatic heterocycles. The number of rotatable bonds is 0. The fourth-order valence-corrected chi connectivity index (χ4v) is 40.3. The van der Waals surface area contributed by atoms with Gasteiger partial charge in [-0.3, -0.25) is 0 Å². The number of benzene rings is 12. The summed E-state index contributed by atoms with van der Waals surface area (Å²) in [4.78, 5) is 101. The Morgan fingerprint density at radius 1 is 0.148 bits per heavy atom. The Hall–Kier alpha value is -15.5. The van der Waals surface area contributed by atoms with E-state index in [1.54, 1.807) is 0 Å². The molecule has 122 heavy (non-hydrogen) atoms. The maximum absolute atomic E-state index is 6.62. The molecule has 0 atom stereocenters. The zero-order valence-electron chi connectivity index (χ0n) is 63.3. The second-order valence-electron chi connectivity index (χ2n) is 30.8. The van der Waals surface area contributed by atoms with Crippen LogP contribution in [0.5, 0.6) is 0 Å². The molecule has 12 aromatic carbocycles. The van der Waals surface area contributed by atoms with Crippen LogP contribution < -0.4 is 32.9 Å². The van der Waals surface area contributed by atoms with E-state index in [0.717, 1.165) is 154 Å². The first-order chi connectivity index (χ1) is 60.5. The van der Waals surface area contributed by atoms with Crippen molar-refractivity contribution in [1.29, 1.82) is 0 Å². The van der Waals surface area contributed by atoms with Crippen LogP contribution in [0, 0.1) is 0 Å². The van der Waals surface area contributed by atoms with Crippen molar-refractivity contribution in [2.24, 2.45) is 89.9 Å². The molecular formula is C96H48Bi2N24. The van der Waals surface area contributed by atoms with Gasteiger partial charge < -0.3 is 0 Å². The first-order valence-corrected chi connectivity index (χ1v) is 49.2. The van der Waals surface area contributed by atoms with Gasteiger partial charge >= 0.3 is 711 Å². The molecule has 0 N–H and O–H groups in total. The topological polar surface area (TPSA) is 252 Å². The molecule has 12 aliphatic heterocycles. The van der Waals surface area contributed by atoms with Gasteiger partial charge in [-0.1, -0.05) is 0 Å². The van der Waals surface area contributed by atoms with Crippen LogP contribution >= 0.6 is 0 Å². The van der Waals surface area contributed by atoms with E-state index in [1.807, 2.05) is 72.8 Å². The average Bonchev–Trinajstić information content (AvgIpc) is 1.48. The molecule has 12 aliphatic rings. The molecule has 0 unspecified atom stereocenters. The molecule has 24 nitrogen and oxygen atoms in total. The SMILES string of the molecule is c1ccc2c(c1)C1=NC2=Nc2c3ccccc3c3[n]2[Bi]2([n]4c5c6ccccc6c4N=C4N=C(N=c6c7ccccc7c([n]62)=NC2=NC(=N5)c5ccccc52)c2ccccc24)[n]2c(c4ccccc4c2=NC2=NC(=N3)c3ccccc32)=N1.c1ccc2c(c1)C1=NC2=Nc2c3ccccc3c3[n]2[Bi][n]2c(c4ccccc4c2=NC2=NC(=N3)c3ccccc32)=N1. The van der Waals surface area contributed by atoms with Gasteiger partial charge in [0.1, 0.15) is 0 Å². The summed E-state index contributed by atoms with van der Waals surface area (Å²) >= 11 is -8.50. The predicted octanol–water partition coefficient (Wildman–Crippen LogP) is 13.8. The number of amidine groups is 12. The molecule has 1 spiro atoms. The first kappa shape index (κ1) is 65.5. The zero-order valence-corrected chi connectivity index (χ0v) is 70.3. The molecule has 18 heterocycles. The van der Waals surface area contributed by atoms with Crippen molar-refractivity contribution in [2.75, 3.05) is 0 Å². The number of fused-ring (bicyclic) bond motifs is 42. The molecule has 30 rings (SSSR count). The average molecular weight is 1960 g/mol. The molecule has 0 aliphatic carbocycles. The van der Waals surface area contributed by atoms with Crippen molar-refractivity contribution in [2.45, 2.75) is 0 Å². The fraction of sp³-hybridized carbons (Fsp3) is 0. The van der Waals surface area contributed by atoms with Crippen LogP contribution in [-0.2, 0) is 0 Å². The van der Waals surface area contributed by atoms with Gasteiger partial charge in [-0.2, -0.15) is 0 Å². The van der Waals surface area contributed by atoms with Gasteiger partial charge in [0.05, 0.1) is 0 Å². The Kier molecular flexibility index (Phi) is 12.8. The summed E-state index contributed by atoms with van der Waals surface area (Å²) in [6.07, 6.45) is 0. The molecule has 0 fully saturated rings. The summed E-state index contributed by atoms with van der Waals surface area (Å²) in [6, 6.07) is 99.8. The first-order valence-electron chi connectivity index (χ1n) is 39.9. The molecule has 2 radical (unpaired) electrons. The van der Waals surface area contributed by atoms with Crippen LogP contribution in [0.15, 0.2) is 381 Å². The summed E-state index contributed by atoms with van der Waals surface area (Å²) < 4.78 is 14.4. The van der Waals surface area contributed by atoms with E-state index in [-0.39, 0.29) is 0 Å². The summed E-state index contributed by atoms with van der Waals surface area (Å²) in [5, 5.41) is 10.9. The Morgan fingerprint density at radius 2 is 0.311 bits per heavy atom. The van der Waals surface area contributed by atoms with Gasteiger partial charge in [0, 0.05) is 0 Å². The summed E-state index contributed by atoms with van der Waals surface area (Å²) in [5.41, 5.74) is 15.0. The van der Waals surface area contributed by atoms with Crippen LogP contribution in [0.25, 0.3) is 64.6 Å². The third-order valence-electron chi connectivity index (χ3n) is 24.4. The van der Waals surface area contributed by atoms with Gasteiger partial charge in [0.15, 0.2) is 0 Å². The quantitative estimate of drug-likeness (QED) is 0.128. The van der Waals surface area contributed by atoms with Crippen molar-refractivity contribution in [3.63, 3.8) is 0 Å². The Bertz CT molecular complexity index is 8240. The van der Waals surface area contributed by atoms with Crippen LogP contribution in [-0.4, -0.2) is 130 Å². The van der Waals surface area contributed by atoms with Gasteiger partial charge in [0.25, 0.3) is 0 Å². The standard InChI is InChI=1S/3C32H16N8.2Bi/c3*1-2-10-18-17(9-1)25-33-26(18)38-28-21-13-5-6-14-22(21)30(35-28)40-32-24-16-8-7-15-23(24)31(36-32)39-29-20-12-4-3-11-19(20)27(34-29)37-25;;/h3*1-16H;;/q3*-2;+2;+4. The zero-order chi connectivity index (χ0) is 79.1. The molecule has 0 saturated carbocycles. The van der Waals surface area contributed by atoms with Gasteiger partial charge in [-0.25, -0.2) is 0 Å². The van der Waals surface area contributed by atoms with E-state index in [4.69, 9.17) is 89.9 Å². The molecule has 0 amide bonds. The van der Waals surface area contributed by atoms with E-state index in [9.17, 15) is 0 Å². The molecule has 0 saturated heterocycles. The number of hydrogen-bond donors (Lipinski definition) is 0. The Labute approximate surface area is 704 Å². The minimum atomic E-state index is -6.62. The van der Waals surface area contributed by atoms with Crippen molar-refractivity contribution in [3.8, 4) is 0 Å². The number of aliphatic imine (C=N–C) groups is 12. The fourth-order valence-electron chi connectivity index (χ4n) is 19.1. The second kappa shape index (κ2) is 23.9. The van der Waals surface area contributed by atoms with E-state index in [0.29, 0.717) is 115 Å². The van der Waals surface area contributed by atoms with Crippen molar-refractivity contribution < 1.29 is 0 Å². The van der Waals surface area contributed by atoms with Gasteiger partial charge in [-0.05, 0) is 0 Å². The molecular weight excluding hydrogens is 1910 g/mol. The summed E-state index contributed by atoms with van der Waals surface area (Å²) in [6.45, 7) is 0. The van der Waals surface area contributed by atoms with Gasteiger partial charge in [-0.15, -0.1) is 0 Å². The summed E-state index contributed by atoms with van der Waals surface area (Å²) in [5.74, 6) is 11.0. The number of hydrogen-bond acceptors (Lipinski definition) is 18. The second-order valence-corrected chi connectivity index (χ2v) is 45.0. The van der Waals surface area contributed by atoms with Gasteiger partial charge in [0.2, 0.25) is 0 Å². The van der Waals surface area contributed by atoms with Crippen LogP contribution in [0.2, 0.25) is 0 Å². The third-order valence-corrected chi connectivity index (χ3v) is 43.0. The summed E-state index contributed by atoms with van der Waals surface area (Å²) in [7, 11) is 0. The number of aromatic nitrogens is 6. The normalized spacial score (nSPS) is 17.0. The van der Waals surface area contributed by atoms with Crippen molar-refractivity contribution in [3.05, 3.63) is 391 Å². The van der Waals surface area contributed by atoms with E-state index < -0.39 is 45.2 Å². The Balaban J connectivity index is 0.000000153. The third kappa shape index (κ3) is 8.61.